The second kappa shape index (κ2) is 4.34. The summed E-state index contributed by atoms with van der Waals surface area (Å²) in [5.74, 6) is -0.146. The van der Waals surface area contributed by atoms with Crippen LogP contribution < -0.4 is 0 Å². The van der Waals surface area contributed by atoms with Crippen LogP contribution in [0.2, 0.25) is 0 Å². The van der Waals surface area contributed by atoms with Crippen molar-refractivity contribution in [2.24, 2.45) is 0 Å². The molecule has 0 saturated heterocycles. The zero-order valence-corrected chi connectivity index (χ0v) is 6.87. The van der Waals surface area contributed by atoms with Crippen LogP contribution >= 0.6 is 11.6 Å². The van der Waals surface area contributed by atoms with E-state index < -0.39 is 5.57 Å². The van der Waals surface area contributed by atoms with Crippen molar-refractivity contribution >= 4 is 11.6 Å². The van der Waals surface area contributed by atoms with Crippen molar-refractivity contribution in [2.75, 3.05) is 0 Å². The molecule has 0 N–H and O–H groups in total. The Hall–Kier alpha value is -0.570. The molecule has 0 aliphatic heterocycles. The van der Waals surface area contributed by atoms with Crippen LogP contribution in [-0.4, -0.2) is 5.57 Å². The number of allylic oxidation sites excluding steroid dienone is 2. The van der Waals surface area contributed by atoms with Crippen molar-refractivity contribution in [2.45, 2.75) is 18.9 Å². The van der Waals surface area contributed by atoms with Gasteiger partial charge in [0.25, 0.3) is 0 Å². The first-order chi connectivity index (χ1) is 4.95. The second-order valence-electron chi connectivity index (χ2n) is 1.82. The van der Waals surface area contributed by atoms with E-state index in [0.29, 0.717) is 0 Å². The molecule has 0 atom stereocenters. The van der Waals surface area contributed by atoms with Crippen LogP contribution in [0.3, 0.4) is 0 Å². The fraction of sp³-hybridized carbons (Fsp3) is 0.429. The second-order valence-corrected chi connectivity index (χ2v) is 2.26. The number of hydrogen-bond acceptors (Lipinski definition) is 1. The normalized spacial score (nSPS) is 12.0. The van der Waals surface area contributed by atoms with Gasteiger partial charge < -0.3 is 4.74 Å². The number of hydrogen-bond donors (Lipinski definition) is 0. The molecule has 0 aliphatic rings. The van der Waals surface area contributed by atoms with Crippen LogP contribution in [0.4, 0.5) is 8.78 Å². The van der Waals surface area contributed by atoms with E-state index in [9.17, 15) is 8.78 Å². The monoisotopic (exact) mass is 182 g/mol. The smallest absolute Gasteiger partial charge is 0.421 e. The Morgan fingerprint density at radius 1 is 1.73 bits per heavy atom. The fourth-order valence-electron chi connectivity index (χ4n) is 0.432. The van der Waals surface area contributed by atoms with Gasteiger partial charge in [-0.3, -0.25) is 0 Å². The van der Waals surface area contributed by atoms with Gasteiger partial charge in [-0.25, -0.2) is 0 Å². The first kappa shape index (κ1) is 10.4. The highest BCUT2D eigenvalue weighted by Crippen LogP contribution is 2.23. The Labute approximate surface area is 69.3 Å². The van der Waals surface area contributed by atoms with Gasteiger partial charge >= 0.3 is 5.57 Å². The highest BCUT2D eigenvalue weighted by Gasteiger charge is 2.27. The Morgan fingerprint density at radius 3 is 2.64 bits per heavy atom. The van der Waals surface area contributed by atoms with E-state index in [0.717, 1.165) is 6.42 Å². The topological polar surface area (TPSA) is 9.23 Å². The average molecular weight is 183 g/mol. The van der Waals surface area contributed by atoms with Crippen LogP contribution in [-0.2, 0) is 4.74 Å². The number of halogens is 3. The Bertz CT molecular complexity index is 160. The molecule has 0 unspecified atom stereocenters. The van der Waals surface area contributed by atoms with Crippen molar-refractivity contribution < 1.29 is 13.5 Å². The molecule has 1 nitrogen and oxygen atoms in total. The van der Waals surface area contributed by atoms with Gasteiger partial charge in [-0.15, -0.1) is 8.78 Å². The summed E-state index contributed by atoms with van der Waals surface area (Å²) in [7, 11) is 0. The summed E-state index contributed by atoms with van der Waals surface area (Å²) in [5.41, 5.74) is -3.66. The van der Waals surface area contributed by atoms with Gasteiger partial charge in [-0.2, -0.15) is 0 Å². The predicted molar refractivity (Wildman–Crippen MR) is 40.5 cm³/mol. The van der Waals surface area contributed by atoms with E-state index >= 15 is 0 Å². The molecule has 0 aliphatic carbocycles. The molecule has 0 heterocycles. The molecule has 0 bridgehead atoms. The zero-order chi connectivity index (χ0) is 8.91. The molecule has 0 aromatic heterocycles. The van der Waals surface area contributed by atoms with Gasteiger partial charge in [0.15, 0.2) is 0 Å². The first-order valence-electron chi connectivity index (χ1n) is 3.07. The van der Waals surface area contributed by atoms with E-state index in [1.165, 1.54) is 6.08 Å². The zero-order valence-electron chi connectivity index (χ0n) is 6.11. The minimum atomic E-state index is -3.66. The number of rotatable bonds is 4. The summed E-state index contributed by atoms with van der Waals surface area (Å²) in [6.07, 6.45) is 3.72. The lowest BCUT2D eigenvalue weighted by molar-refractivity contribution is -0.136. The lowest BCUT2D eigenvalue weighted by Crippen LogP contribution is -2.09. The highest BCUT2D eigenvalue weighted by atomic mass is 35.5. The van der Waals surface area contributed by atoms with Crippen LogP contribution in [0.1, 0.15) is 13.3 Å². The van der Waals surface area contributed by atoms with Crippen molar-refractivity contribution in [1.82, 2.24) is 0 Å². The third-order valence-corrected chi connectivity index (χ3v) is 0.863. The molecule has 0 aromatic rings. The first-order valence-corrected chi connectivity index (χ1v) is 3.44. The molecule has 0 aromatic carbocycles. The molecule has 0 rings (SSSR count). The van der Waals surface area contributed by atoms with Gasteiger partial charge in [-0.05, 0) is 12.5 Å². The van der Waals surface area contributed by atoms with Crippen molar-refractivity contribution in [3.05, 3.63) is 24.5 Å². The summed E-state index contributed by atoms with van der Waals surface area (Å²) in [6.45, 7) is 5.07. The van der Waals surface area contributed by atoms with E-state index in [2.05, 4.69) is 22.9 Å². The summed E-state index contributed by atoms with van der Waals surface area (Å²) < 4.78 is 27.6. The predicted octanol–water partition coefficient (Wildman–Crippen LogP) is 3.27. The Morgan fingerprint density at radius 2 is 2.27 bits per heavy atom. The van der Waals surface area contributed by atoms with E-state index in [1.54, 1.807) is 6.08 Å². The van der Waals surface area contributed by atoms with Gasteiger partial charge in [0.2, 0.25) is 0 Å². The van der Waals surface area contributed by atoms with Crippen molar-refractivity contribution in [3.8, 4) is 0 Å². The van der Waals surface area contributed by atoms with Gasteiger partial charge in [-0.1, -0.05) is 19.6 Å². The molecular weight excluding hydrogens is 174 g/mol. The lowest BCUT2D eigenvalue weighted by atomic mass is 10.4. The average Bonchev–Trinajstić information content (AvgIpc) is 1.79. The van der Waals surface area contributed by atoms with Crippen molar-refractivity contribution in [3.63, 3.8) is 0 Å². The molecule has 0 amide bonds. The molecule has 0 fully saturated rings. The number of alkyl halides is 3. The minimum absolute atomic E-state index is 0.146. The Balaban J connectivity index is 3.80. The largest absolute Gasteiger partial charge is 0.487 e. The third kappa shape index (κ3) is 7.33. The van der Waals surface area contributed by atoms with Crippen molar-refractivity contribution in [1.29, 1.82) is 0 Å². The maximum Gasteiger partial charge on any atom is 0.487 e. The van der Waals surface area contributed by atoms with E-state index in [4.69, 9.17) is 0 Å². The molecule has 0 radical (unpaired) electrons. The van der Waals surface area contributed by atoms with Gasteiger partial charge in [0.1, 0.15) is 5.76 Å². The van der Waals surface area contributed by atoms with Crippen LogP contribution in [0, 0.1) is 0 Å². The van der Waals surface area contributed by atoms with E-state index in [1.807, 2.05) is 6.92 Å². The molecule has 11 heavy (non-hydrogen) atoms. The third-order valence-electron chi connectivity index (χ3n) is 0.786. The highest BCUT2D eigenvalue weighted by molar-refractivity contribution is 6.20. The number of ether oxygens (including phenoxy) is 1. The lowest BCUT2D eigenvalue weighted by Gasteiger charge is -2.09. The molecule has 4 heteroatoms. The van der Waals surface area contributed by atoms with Gasteiger partial charge in [0, 0.05) is 11.6 Å². The molecular formula is C7H9ClF2O. The maximum absolute atomic E-state index is 11.8. The minimum Gasteiger partial charge on any atom is -0.421 e. The standard InChI is InChI=1S/C7H9ClF2O/c1-3-4-5-6(2)11-7(8,9)10/h4-5H,2-3H2,1H3/b5-4-. The Kier molecular flexibility index (Phi) is 4.11. The van der Waals surface area contributed by atoms with Crippen LogP contribution in [0.25, 0.3) is 0 Å². The summed E-state index contributed by atoms with van der Waals surface area (Å²) in [5, 5.41) is 0. The summed E-state index contributed by atoms with van der Waals surface area (Å²) >= 11 is 4.46. The van der Waals surface area contributed by atoms with E-state index in [-0.39, 0.29) is 5.76 Å². The maximum atomic E-state index is 11.8. The molecule has 64 valence electrons. The SMILES string of the molecule is C=C(/C=C\CC)OC(F)(F)Cl. The molecule has 0 spiro atoms. The quantitative estimate of drug-likeness (QED) is 0.368. The van der Waals surface area contributed by atoms with Crippen LogP contribution in [0.15, 0.2) is 24.5 Å². The molecule has 0 saturated carbocycles. The van der Waals surface area contributed by atoms with Crippen LogP contribution in [0.5, 0.6) is 0 Å². The summed E-state index contributed by atoms with van der Waals surface area (Å²) in [4.78, 5) is 0. The summed E-state index contributed by atoms with van der Waals surface area (Å²) in [6, 6.07) is 0. The van der Waals surface area contributed by atoms with Gasteiger partial charge in [0.05, 0.1) is 0 Å². The fourth-order valence-corrected chi connectivity index (χ4v) is 0.531.